The highest BCUT2D eigenvalue weighted by atomic mass is 19.3. The Morgan fingerprint density at radius 2 is 2.24 bits per heavy atom. The summed E-state index contributed by atoms with van der Waals surface area (Å²) in [6.45, 7) is 0.0564. The zero-order valence-electron chi connectivity index (χ0n) is 11.9. The van der Waals surface area contributed by atoms with Crippen molar-refractivity contribution in [3.8, 4) is 5.75 Å². The van der Waals surface area contributed by atoms with Crippen molar-refractivity contribution >= 4 is 5.91 Å². The molecule has 116 valence electrons. The predicted molar refractivity (Wildman–Crippen MR) is 75.4 cm³/mol. The van der Waals surface area contributed by atoms with E-state index in [2.05, 4.69) is 22.3 Å². The second-order valence-corrected chi connectivity index (χ2v) is 5.31. The minimum atomic E-state index is -2.89. The molecule has 1 aliphatic rings. The van der Waals surface area contributed by atoms with Gasteiger partial charge in [0.2, 0.25) is 5.91 Å². The number of alkyl halides is 2. The van der Waals surface area contributed by atoms with Crippen molar-refractivity contribution in [2.24, 2.45) is 0 Å². The van der Waals surface area contributed by atoms with Crippen molar-refractivity contribution in [1.82, 2.24) is 10.6 Å². The first-order valence-electron chi connectivity index (χ1n) is 7.10. The molecule has 1 amide bonds. The highest BCUT2D eigenvalue weighted by molar-refractivity contribution is 5.79. The van der Waals surface area contributed by atoms with Gasteiger partial charge in [-0.15, -0.1) is 0 Å². The molecule has 2 N–H and O–H groups in total. The van der Waals surface area contributed by atoms with Gasteiger partial charge in [0, 0.05) is 17.6 Å². The molecule has 21 heavy (non-hydrogen) atoms. The topological polar surface area (TPSA) is 50.4 Å². The smallest absolute Gasteiger partial charge is 0.387 e. The molecule has 0 bridgehead atoms. The number of halogens is 2. The summed E-state index contributed by atoms with van der Waals surface area (Å²) in [6.07, 6.45) is 1.80. The lowest BCUT2D eigenvalue weighted by atomic mass is 10.00. The first kappa shape index (κ1) is 15.7. The number of nitrogens with one attached hydrogen (secondary N) is 2. The molecule has 0 spiro atoms. The van der Waals surface area contributed by atoms with Crippen LogP contribution in [-0.2, 0) is 11.2 Å². The van der Waals surface area contributed by atoms with Crippen molar-refractivity contribution in [2.75, 3.05) is 6.54 Å². The molecule has 4 nitrogen and oxygen atoms in total. The maximum atomic E-state index is 12.3. The number of amides is 1. The lowest BCUT2D eigenvalue weighted by Crippen LogP contribution is -2.46. The second-order valence-electron chi connectivity index (χ2n) is 5.31. The number of hydrogen-bond acceptors (Lipinski definition) is 3. The molecule has 1 fully saturated rings. The molecule has 6 heteroatoms. The van der Waals surface area contributed by atoms with Gasteiger partial charge in [0.15, 0.2) is 0 Å². The van der Waals surface area contributed by atoms with E-state index in [1.54, 1.807) is 18.2 Å². The Bertz CT molecular complexity index is 482. The van der Waals surface area contributed by atoms with E-state index in [9.17, 15) is 13.6 Å². The molecule has 0 aliphatic carbocycles. The monoisotopic (exact) mass is 298 g/mol. The van der Waals surface area contributed by atoms with E-state index < -0.39 is 6.61 Å². The lowest BCUT2D eigenvalue weighted by Gasteiger charge is -2.28. The molecule has 1 aromatic rings. The van der Waals surface area contributed by atoms with Gasteiger partial charge in [-0.1, -0.05) is 18.2 Å². The van der Waals surface area contributed by atoms with Crippen LogP contribution in [0.2, 0.25) is 0 Å². The van der Waals surface area contributed by atoms with Crippen LogP contribution in [0.15, 0.2) is 24.3 Å². The second kappa shape index (κ2) is 7.36. The van der Waals surface area contributed by atoms with Gasteiger partial charge in [0.1, 0.15) is 5.75 Å². The van der Waals surface area contributed by atoms with E-state index in [1.165, 1.54) is 6.07 Å². The third kappa shape index (κ3) is 4.97. The Hall–Kier alpha value is -1.69. The molecule has 0 radical (unpaired) electrons. The summed E-state index contributed by atoms with van der Waals surface area (Å²) in [5.41, 5.74) is 0.470. The maximum Gasteiger partial charge on any atom is 0.387 e. The number of hydrogen-bond donors (Lipinski definition) is 2. The van der Waals surface area contributed by atoms with Gasteiger partial charge < -0.3 is 15.4 Å². The molecule has 1 saturated heterocycles. The maximum absolute atomic E-state index is 12.3. The number of para-hydroxylation sites is 1. The van der Waals surface area contributed by atoms with E-state index in [-0.39, 0.29) is 24.1 Å². The summed E-state index contributed by atoms with van der Waals surface area (Å²) >= 11 is 0. The van der Waals surface area contributed by atoms with E-state index >= 15 is 0 Å². The van der Waals surface area contributed by atoms with Gasteiger partial charge in [-0.3, -0.25) is 4.79 Å². The first-order valence-corrected chi connectivity index (χ1v) is 7.10. The van der Waals surface area contributed by atoms with Crippen LogP contribution in [0.4, 0.5) is 8.78 Å². The summed E-state index contributed by atoms with van der Waals surface area (Å²) in [4.78, 5) is 12.1. The van der Waals surface area contributed by atoms with Crippen LogP contribution >= 0.6 is 0 Å². The van der Waals surface area contributed by atoms with E-state index in [1.807, 2.05) is 0 Å². The molecule has 0 aromatic heterocycles. The van der Waals surface area contributed by atoms with Gasteiger partial charge in [0.05, 0.1) is 6.42 Å². The number of carbonyl (C=O) groups excluding carboxylic acids is 1. The first-order chi connectivity index (χ1) is 10.0. The molecule has 2 unspecified atom stereocenters. The minimum absolute atomic E-state index is 0.0429. The predicted octanol–water partition coefficient (Wildman–Crippen LogP) is 2.09. The van der Waals surface area contributed by atoms with Gasteiger partial charge in [-0.05, 0) is 32.4 Å². The number of rotatable bonds is 5. The third-order valence-corrected chi connectivity index (χ3v) is 3.53. The number of ether oxygens (including phenoxy) is 1. The average Bonchev–Trinajstić information content (AvgIpc) is 2.40. The standard InChI is InChI=1S/C15H20F2N2O2/c1-10-8-12(6-7-18-10)19-14(20)9-11-4-2-3-5-13(11)21-15(16)17/h2-5,10,12,15,18H,6-9H2,1H3,(H,19,20). The Morgan fingerprint density at radius 1 is 1.48 bits per heavy atom. The van der Waals surface area contributed by atoms with E-state index in [0.717, 1.165) is 19.4 Å². The summed E-state index contributed by atoms with van der Waals surface area (Å²) in [6, 6.07) is 6.89. The molecule has 0 saturated carbocycles. The van der Waals surface area contributed by atoms with Crippen molar-refractivity contribution < 1.29 is 18.3 Å². The summed E-state index contributed by atoms with van der Waals surface area (Å²) < 4.78 is 29.1. The molecule has 1 aliphatic heterocycles. The fourth-order valence-electron chi connectivity index (χ4n) is 2.58. The lowest BCUT2D eigenvalue weighted by molar-refractivity contribution is -0.121. The molecule has 2 atom stereocenters. The molecule has 1 heterocycles. The van der Waals surface area contributed by atoms with Gasteiger partial charge in [0.25, 0.3) is 0 Å². The summed E-state index contributed by atoms with van der Waals surface area (Å²) in [7, 11) is 0. The minimum Gasteiger partial charge on any atom is -0.435 e. The Morgan fingerprint density at radius 3 is 2.95 bits per heavy atom. The van der Waals surface area contributed by atoms with Crippen LogP contribution in [0.25, 0.3) is 0 Å². The van der Waals surface area contributed by atoms with Crippen molar-refractivity contribution in [3.63, 3.8) is 0 Å². The van der Waals surface area contributed by atoms with E-state index in [0.29, 0.717) is 11.6 Å². The van der Waals surface area contributed by atoms with Crippen LogP contribution in [0.1, 0.15) is 25.3 Å². The Balaban J connectivity index is 1.93. The highest BCUT2D eigenvalue weighted by Gasteiger charge is 2.20. The summed E-state index contributed by atoms with van der Waals surface area (Å²) in [5, 5.41) is 6.27. The SMILES string of the molecule is CC1CC(NC(=O)Cc2ccccc2OC(F)F)CCN1. The third-order valence-electron chi connectivity index (χ3n) is 3.53. The molecular formula is C15H20F2N2O2. The zero-order valence-corrected chi connectivity index (χ0v) is 11.9. The van der Waals surface area contributed by atoms with Crippen LogP contribution < -0.4 is 15.4 Å². The van der Waals surface area contributed by atoms with Crippen molar-refractivity contribution in [2.45, 2.75) is 44.9 Å². The van der Waals surface area contributed by atoms with Crippen LogP contribution in [-0.4, -0.2) is 31.1 Å². The fraction of sp³-hybridized carbons (Fsp3) is 0.533. The Kier molecular flexibility index (Phi) is 5.50. The van der Waals surface area contributed by atoms with Crippen LogP contribution in [0.3, 0.4) is 0 Å². The number of benzene rings is 1. The molecule has 1 aromatic carbocycles. The largest absolute Gasteiger partial charge is 0.435 e. The zero-order chi connectivity index (χ0) is 15.2. The van der Waals surface area contributed by atoms with E-state index in [4.69, 9.17) is 0 Å². The Labute approximate surface area is 122 Å². The molecule has 2 rings (SSSR count). The number of carbonyl (C=O) groups is 1. The summed E-state index contributed by atoms with van der Waals surface area (Å²) in [5.74, 6) is -0.110. The quantitative estimate of drug-likeness (QED) is 0.875. The molecular weight excluding hydrogens is 278 g/mol. The van der Waals surface area contributed by atoms with Crippen LogP contribution in [0, 0.1) is 0 Å². The average molecular weight is 298 g/mol. The normalized spacial score (nSPS) is 22.1. The van der Waals surface area contributed by atoms with Crippen molar-refractivity contribution in [3.05, 3.63) is 29.8 Å². The van der Waals surface area contributed by atoms with Crippen molar-refractivity contribution in [1.29, 1.82) is 0 Å². The number of piperidine rings is 1. The van der Waals surface area contributed by atoms with Crippen LogP contribution in [0.5, 0.6) is 5.75 Å². The fourth-order valence-corrected chi connectivity index (χ4v) is 2.58. The highest BCUT2D eigenvalue weighted by Crippen LogP contribution is 2.21. The van der Waals surface area contributed by atoms with Gasteiger partial charge in [-0.25, -0.2) is 0 Å². The van der Waals surface area contributed by atoms with Gasteiger partial charge >= 0.3 is 6.61 Å². The van der Waals surface area contributed by atoms with Gasteiger partial charge in [-0.2, -0.15) is 8.78 Å².